The van der Waals surface area contributed by atoms with Crippen molar-refractivity contribution in [3.8, 4) is 0 Å². The van der Waals surface area contributed by atoms with E-state index in [1.165, 1.54) is 13.3 Å². The van der Waals surface area contributed by atoms with Gasteiger partial charge < -0.3 is 5.21 Å². The van der Waals surface area contributed by atoms with Gasteiger partial charge in [0.1, 0.15) is 12.7 Å². The molecule has 14 heavy (non-hydrogen) atoms. The summed E-state index contributed by atoms with van der Waals surface area (Å²) < 4.78 is 0.747. The number of nitrogens with zero attached hydrogens (tertiary/aromatic N) is 2. The standard InChI is InChI=1S/C11H10N2O/c1-13(14)8-10-7-6-9-4-2-3-5-11(9)12-10/h2-8H,1H3. The number of para-hydroxylation sites is 1. The Bertz CT molecular complexity index is 487. The molecule has 2 aromatic rings. The van der Waals surface area contributed by atoms with Crippen molar-refractivity contribution in [3.63, 3.8) is 0 Å². The van der Waals surface area contributed by atoms with Crippen LogP contribution in [0.1, 0.15) is 5.69 Å². The Hall–Kier alpha value is -1.90. The van der Waals surface area contributed by atoms with E-state index in [0.29, 0.717) is 5.69 Å². The lowest BCUT2D eigenvalue weighted by atomic mass is 10.2. The minimum atomic E-state index is 0.682. The molecule has 70 valence electrons. The van der Waals surface area contributed by atoms with E-state index in [1.807, 2.05) is 36.4 Å². The maximum Gasteiger partial charge on any atom is 0.200 e. The molecule has 0 aliphatic heterocycles. The molecule has 0 atom stereocenters. The molecule has 0 unspecified atom stereocenters. The number of hydrogen-bond donors (Lipinski definition) is 0. The molecule has 3 heteroatoms. The van der Waals surface area contributed by atoms with Gasteiger partial charge in [-0.1, -0.05) is 24.3 Å². The molecule has 0 N–H and O–H groups in total. The van der Waals surface area contributed by atoms with Gasteiger partial charge in [-0.2, -0.15) is 0 Å². The molecule has 3 nitrogen and oxygen atoms in total. The van der Waals surface area contributed by atoms with Gasteiger partial charge in [0.15, 0.2) is 6.21 Å². The van der Waals surface area contributed by atoms with E-state index in [-0.39, 0.29) is 0 Å². The van der Waals surface area contributed by atoms with Gasteiger partial charge in [0.2, 0.25) is 0 Å². The lowest BCUT2D eigenvalue weighted by Gasteiger charge is -1.98. The van der Waals surface area contributed by atoms with Crippen LogP contribution >= 0.6 is 0 Å². The largest absolute Gasteiger partial charge is 0.624 e. The van der Waals surface area contributed by atoms with Crippen LogP contribution < -0.4 is 0 Å². The molecule has 0 radical (unpaired) electrons. The molecule has 0 saturated heterocycles. The molecule has 2 rings (SSSR count). The van der Waals surface area contributed by atoms with Crippen molar-refractivity contribution in [1.82, 2.24) is 4.98 Å². The maximum absolute atomic E-state index is 10.8. The minimum absolute atomic E-state index is 0.682. The fourth-order valence-electron chi connectivity index (χ4n) is 1.34. The Kier molecular flexibility index (Phi) is 2.14. The van der Waals surface area contributed by atoms with Crippen molar-refractivity contribution in [2.45, 2.75) is 0 Å². The highest BCUT2D eigenvalue weighted by Gasteiger charge is 1.96. The summed E-state index contributed by atoms with van der Waals surface area (Å²) in [7, 11) is 1.44. The highest BCUT2D eigenvalue weighted by molar-refractivity contribution is 5.83. The van der Waals surface area contributed by atoms with E-state index < -0.39 is 0 Å². The third-order valence-electron chi connectivity index (χ3n) is 1.93. The molecule has 0 aliphatic rings. The van der Waals surface area contributed by atoms with Crippen LogP contribution in [0.25, 0.3) is 10.9 Å². The van der Waals surface area contributed by atoms with Crippen molar-refractivity contribution >= 4 is 17.1 Å². The van der Waals surface area contributed by atoms with Crippen LogP contribution in [0.2, 0.25) is 0 Å². The van der Waals surface area contributed by atoms with Gasteiger partial charge in [-0.15, -0.1) is 0 Å². The fraction of sp³-hybridized carbons (Fsp3) is 0.0909. The lowest BCUT2D eigenvalue weighted by molar-refractivity contribution is -0.416. The molecule has 1 aromatic carbocycles. The summed E-state index contributed by atoms with van der Waals surface area (Å²) in [6, 6.07) is 11.6. The summed E-state index contributed by atoms with van der Waals surface area (Å²) in [4.78, 5) is 4.32. The number of pyridine rings is 1. The molecule has 0 spiro atoms. The van der Waals surface area contributed by atoms with Crippen LogP contribution in [0.4, 0.5) is 0 Å². The van der Waals surface area contributed by atoms with Crippen molar-refractivity contribution in [3.05, 3.63) is 47.3 Å². The number of fused-ring (bicyclic) bond motifs is 1. The molecule has 0 saturated carbocycles. The second kappa shape index (κ2) is 3.46. The average molecular weight is 186 g/mol. The molecule has 0 aliphatic carbocycles. The molecular formula is C11H10N2O. The lowest BCUT2D eigenvalue weighted by Crippen LogP contribution is -1.99. The van der Waals surface area contributed by atoms with Gasteiger partial charge in [0.25, 0.3) is 0 Å². The summed E-state index contributed by atoms with van der Waals surface area (Å²) >= 11 is 0. The zero-order valence-corrected chi connectivity index (χ0v) is 7.84. The summed E-state index contributed by atoms with van der Waals surface area (Å²) in [5.41, 5.74) is 1.59. The van der Waals surface area contributed by atoms with Gasteiger partial charge in [-0.05, 0) is 12.1 Å². The van der Waals surface area contributed by atoms with E-state index in [2.05, 4.69) is 4.98 Å². The van der Waals surface area contributed by atoms with Gasteiger partial charge >= 0.3 is 0 Å². The van der Waals surface area contributed by atoms with Gasteiger partial charge in [-0.25, -0.2) is 9.72 Å². The van der Waals surface area contributed by atoms with Crippen LogP contribution in [0.5, 0.6) is 0 Å². The number of aromatic nitrogens is 1. The number of hydroxylamine groups is 1. The van der Waals surface area contributed by atoms with E-state index in [9.17, 15) is 5.21 Å². The highest BCUT2D eigenvalue weighted by Crippen LogP contribution is 2.10. The topological polar surface area (TPSA) is 39.0 Å². The zero-order valence-electron chi connectivity index (χ0n) is 7.84. The maximum atomic E-state index is 10.8. The van der Waals surface area contributed by atoms with Gasteiger partial charge in [0.05, 0.1) is 5.52 Å². The third kappa shape index (κ3) is 1.71. The Morgan fingerprint density at radius 1 is 1.21 bits per heavy atom. The summed E-state index contributed by atoms with van der Waals surface area (Å²) in [5.74, 6) is 0. The Labute approximate surface area is 81.9 Å². The van der Waals surface area contributed by atoms with Crippen LogP contribution in [0.15, 0.2) is 36.4 Å². The van der Waals surface area contributed by atoms with Crippen LogP contribution in [-0.2, 0) is 0 Å². The van der Waals surface area contributed by atoms with Gasteiger partial charge in [-0.3, -0.25) is 0 Å². The Morgan fingerprint density at radius 3 is 2.79 bits per heavy atom. The van der Waals surface area contributed by atoms with E-state index in [0.717, 1.165) is 15.6 Å². The Balaban J connectivity index is 2.57. The summed E-state index contributed by atoms with van der Waals surface area (Å²) in [5, 5.41) is 11.9. The summed E-state index contributed by atoms with van der Waals surface area (Å²) in [6.07, 6.45) is 1.45. The predicted molar refractivity (Wildman–Crippen MR) is 56.5 cm³/mol. The SMILES string of the molecule is C[N+]([O-])=Cc1ccc2ccccc2n1. The quantitative estimate of drug-likeness (QED) is 0.295. The molecule has 0 fully saturated rings. The second-order valence-corrected chi connectivity index (χ2v) is 3.10. The average Bonchev–Trinajstić information content (AvgIpc) is 2.17. The normalized spacial score (nSPS) is 11.9. The van der Waals surface area contributed by atoms with Crippen LogP contribution in [-0.4, -0.2) is 23.0 Å². The molecule has 0 bridgehead atoms. The summed E-state index contributed by atoms with van der Waals surface area (Å²) in [6.45, 7) is 0. The molecule has 1 heterocycles. The van der Waals surface area contributed by atoms with E-state index >= 15 is 0 Å². The first kappa shape index (κ1) is 8.69. The first-order valence-corrected chi connectivity index (χ1v) is 4.36. The Morgan fingerprint density at radius 2 is 2.00 bits per heavy atom. The van der Waals surface area contributed by atoms with Crippen LogP contribution in [0.3, 0.4) is 0 Å². The second-order valence-electron chi connectivity index (χ2n) is 3.10. The van der Waals surface area contributed by atoms with E-state index in [4.69, 9.17) is 0 Å². The van der Waals surface area contributed by atoms with Gasteiger partial charge in [0, 0.05) is 5.39 Å². The monoisotopic (exact) mass is 186 g/mol. The number of benzene rings is 1. The molecule has 1 aromatic heterocycles. The predicted octanol–water partition coefficient (Wildman–Crippen LogP) is 1.79. The number of rotatable bonds is 1. The van der Waals surface area contributed by atoms with Crippen molar-refractivity contribution < 1.29 is 4.74 Å². The van der Waals surface area contributed by atoms with Crippen molar-refractivity contribution in [2.24, 2.45) is 0 Å². The highest BCUT2D eigenvalue weighted by atomic mass is 16.5. The fourth-order valence-corrected chi connectivity index (χ4v) is 1.34. The first-order valence-electron chi connectivity index (χ1n) is 4.36. The zero-order chi connectivity index (χ0) is 9.97. The van der Waals surface area contributed by atoms with Crippen LogP contribution in [0, 0.1) is 5.21 Å². The molecule has 0 amide bonds. The van der Waals surface area contributed by atoms with Crippen molar-refractivity contribution in [1.29, 1.82) is 0 Å². The van der Waals surface area contributed by atoms with E-state index in [1.54, 1.807) is 0 Å². The third-order valence-corrected chi connectivity index (χ3v) is 1.93. The minimum Gasteiger partial charge on any atom is -0.624 e. The van der Waals surface area contributed by atoms with Crippen molar-refractivity contribution in [2.75, 3.05) is 7.05 Å². The molecular weight excluding hydrogens is 176 g/mol. The smallest absolute Gasteiger partial charge is 0.200 e. The first-order chi connectivity index (χ1) is 6.75. The number of hydrogen-bond acceptors (Lipinski definition) is 2.